The summed E-state index contributed by atoms with van der Waals surface area (Å²) >= 11 is 0. The molecule has 0 saturated carbocycles. The summed E-state index contributed by atoms with van der Waals surface area (Å²) in [7, 11) is 0. The summed E-state index contributed by atoms with van der Waals surface area (Å²) in [6.45, 7) is 3.55. The number of nitrogens with zero attached hydrogens (tertiary/aromatic N) is 2. The van der Waals surface area contributed by atoms with Gasteiger partial charge in [0.05, 0.1) is 23.5 Å². The topological polar surface area (TPSA) is 110 Å². The van der Waals surface area contributed by atoms with Crippen LogP contribution in [0.15, 0.2) is 18.2 Å². The predicted molar refractivity (Wildman–Crippen MR) is 85.1 cm³/mol. The van der Waals surface area contributed by atoms with Crippen LogP contribution in [0.3, 0.4) is 0 Å². The molecule has 1 aliphatic heterocycles. The van der Waals surface area contributed by atoms with Crippen molar-refractivity contribution in [3.05, 3.63) is 33.9 Å². The third-order valence-corrected chi connectivity index (χ3v) is 4.11. The summed E-state index contributed by atoms with van der Waals surface area (Å²) < 4.78 is 5.32. The van der Waals surface area contributed by atoms with E-state index in [9.17, 15) is 19.7 Å². The van der Waals surface area contributed by atoms with Crippen molar-refractivity contribution in [2.45, 2.75) is 26.2 Å². The number of carbonyl (C=O) groups is 2. The number of likely N-dealkylation sites (tertiary alicyclic amines) is 1. The standard InChI is InChI=1S/C16H20N2O6/c1-11-4-7-17(8-5-11)15(19)6-9-24-14-10-12(16(20)21)2-3-13(14)18(22)23/h2-3,10-11H,4-9H2,1H3,(H,20,21). The van der Waals surface area contributed by atoms with Crippen LogP contribution < -0.4 is 4.74 Å². The summed E-state index contributed by atoms with van der Waals surface area (Å²) in [6.07, 6.45) is 2.04. The number of piperidine rings is 1. The molecule has 1 fully saturated rings. The molecule has 0 spiro atoms. The van der Waals surface area contributed by atoms with Crippen molar-refractivity contribution >= 4 is 17.6 Å². The quantitative estimate of drug-likeness (QED) is 0.630. The lowest BCUT2D eigenvalue weighted by Gasteiger charge is -2.30. The van der Waals surface area contributed by atoms with Gasteiger partial charge in [0.2, 0.25) is 5.91 Å². The van der Waals surface area contributed by atoms with Crippen molar-refractivity contribution in [2.75, 3.05) is 19.7 Å². The molecule has 130 valence electrons. The zero-order valence-corrected chi connectivity index (χ0v) is 13.4. The molecule has 0 bridgehead atoms. The first-order chi connectivity index (χ1) is 11.4. The first kappa shape index (κ1) is 17.7. The van der Waals surface area contributed by atoms with Crippen molar-refractivity contribution in [3.63, 3.8) is 0 Å². The van der Waals surface area contributed by atoms with Gasteiger partial charge >= 0.3 is 11.7 Å². The van der Waals surface area contributed by atoms with Crippen LogP contribution in [-0.2, 0) is 4.79 Å². The van der Waals surface area contributed by atoms with Crippen molar-refractivity contribution in [1.82, 2.24) is 4.90 Å². The smallest absolute Gasteiger partial charge is 0.335 e. The fourth-order valence-electron chi connectivity index (χ4n) is 2.58. The number of rotatable bonds is 6. The third kappa shape index (κ3) is 4.43. The number of nitro groups is 1. The van der Waals surface area contributed by atoms with E-state index in [0.29, 0.717) is 19.0 Å². The highest BCUT2D eigenvalue weighted by Gasteiger charge is 2.21. The summed E-state index contributed by atoms with van der Waals surface area (Å²) in [5.41, 5.74) is -0.425. The molecule has 1 aromatic carbocycles. The Morgan fingerprint density at radius 3 is 2.62 bits per heavy atom. The third-order valence-electron chi connectivity index (χ3n) is 4.11. The van der Waals surface area contributed by atoms with Gasteiger partial charge in [0.15, 0.2) is 5.75 Å². The number of aromatic carboxylic acids is 1. The van der Waals surface area contributed by atoms with E-state index in [4.69, 9.17) is 9.84 Å². The van der Waals surface area contributed by atoms with Crippen molar-refractivity contribution in [2.24, 2.45) is 5.92 Å². The highest BCUT2D eigenvalue weighted by molar-refractivity contribution is 5.88. The zero-order chi connectivity index (χ0) is 17.7. The minimum absolute atomic E-state index is 0.0329. The van der Waals surface area contributed by atoms with E-state index in [2.05, 4.69) is 6.92 Å². The van der Waals surface area contributed by atoms with Crippen LogP contribution in [0.25, 0.3) is 0 Å². The second kappa shape index (κ2) is 7.76. The minimum Gasteiger partial charge on any atom is -0.486 e. The van der Waals surface area contributed by atoms with E-state index in [0.717, 1.165) is 31.0 Å². The molecule has 1 aromatic rings. The van der Waals surface area contributed by atoms with E-state index in [1.165, 1.54) is 0 Å². The molecule has 0 aromatic heterocycles. The van der Waals surface area contributed by atoms with E-state index in [1.54, 1.807) is 4.90 Å². The fraction of sp³-hybridized carbons (Fsp3) is 0.500. The number of amides is 1. The second-order valence-corrected chi connectivity index (χ2v) is 5.91. The lowest BCUT2D eigenvalue weighted by atomic mass is 9.99. The van der Waals surface area contributed by atoms with Gasteiger partial charge in [-0.25, -0.2) is 4.79 Å². The van der Waals surface area contributed by atoms with Gasteiger partial charge in [0, 0.05) is 25.2 Å². The fourth-order valence-corrected chi connectivity index (χ4v) is 2.58. The molecular weight excluding hydrogens is 316 g/mol. The number of carboxylic acids is 1. The number of ether oxygens (including phenoxy) is 1. The van der Waals surface area contributed by atoms with Crippen LogP contribution in [0, 0.1) is 16.0 Å². The van der Waals surface area contributed by atoms with Crippen molar-refractivity contribution in [3.8, 4) is 5.75 Å². The van der Waals surface area contributed by atoms with Gasteiger partial charge in [0.1, 0.15) is 0 Å². The Kier molecular flexibility index (Phi) is 5.73. The Balaban J connectivity index is 1.95. The molecule has 24 heavy (non-hydrogen) atoms. The number of carboxylic acid groups (broad SMARTS) is 1. The van der Waals surface area contributed by atoms with E-state index in [1.807, 2.05) is 0 Å². The average molecular weight is 336 g/mol. The lowest BCUT2D eigenvalue weighted by Crippen LogP contribution is -2.38. The Bertz CT molecular complexity index is 637. The summed E-state index contributed by atoms with van der Waals surface area (Å²) in [5, 5.41) is 19.9. The van der Waals surface area contributed by atoms with Gasteiger partial charge in [-0.2, -0.15) is 0 Å². The molecule has 0 atom stereocenters. The normalized spacial score (nSPS) is 15.1. The van der Waals surface area contributed by atoms with Crippen LogP contribution in [0.4, 0.5) is 5.69 Å². The van der Waals surface area contributed by atoms with Crippen LogP contribution in [0.2, 0.25) is 0 Å². The average Bonchev–Trinajstić information content (AvgIpc) is 2.55. The van der Waals surface area contributed by atoms with E-state index >= 15 is 0 Å². The molecule has 1 amide bonds. The number of carbonyl (C=O) groups excluding carboxylic acids is 1. The Hall–Kier alpha value is -2.64. The first-order valence-electron chi connectivity index (χ1n) is 7.80. The molecule has 2 rings (SSSR count). The zero-order valence-electron chi connectivity index (χ0n) is 13.4. The molecule has 1 heterocycles. The van der Waals surface area contributed by atoms with Crippen molar-refractivity contribution in [1.29, 1.82) is 0 Å². The first-order valence-corrected chi connectivity index (χ1v) is 7.80. The molecular formula is C16H20N2O6. The molecule has 0 unspecified atom stereocenters. The maximum Gasteiger partial charge on any atom is 0.335 e. The lowest BCUT2D eigenvalue weighted by molar-refractivity contribution is -0.385. The van der Waals surface area contributed by atoms with Gasteiger partial charge in [-0.15, -0.1) is 0 Å². The summed E-state index contributed by atoms with van der Waals surface area (Å²) in [4.78, 5) is 35.2. The largest absolute Gasteiger partial charge is 0.486 e. The van der Waals surface area contributed by atoms with Crippen molar-refractivity contribution < 1.29 is 24.4 Å². The monoisotopic (exact) mass is 336 g/mol. The molecule has 1 saturated heterocycles. The number of hydrogen-bond acceptors (Lipinski definition) is 5. The van der Waals surface area contributed by atoms with Gasteiger partial charge in [0.25, 0.3) is 0 Å². The van der Waals surface area contributed by atoms with Crippen LogP contribution >= 0.6 is 0 Å². The number of benzene rings is 1. The Morgan fingerprint density at radius 2 is 2.04 bits per heavy atom. The molecule has 1 aliphatic rings. The highest BCUT2D eigenvalue weighted by atomic mass is 16.6. The van der Waals surface area contributed by atoms with Gasteiger partial charge in [-0.1, -0.05) is 6.92 Å². The minimum atomic E-state index is -1.20. The van der Waals surface area contributed by atoms with Crippen LogP contribution in [0.5, 0.6) is 5.75 Å². The Morgan fingerprint density at radius 1 is 1.38 bits per heavy atom. The predicted octanol–water partition coefficient (Wildman–Crippen LogP) is 2.32. The molecule has 8 heteroatoms. The van der Waals surface area contributed by atoms with Gasteiger partial charge in [-0.05, 0) is 24.8 Å². The number of nitro benzene ring substituents is 1. The second-order valence-electron chi connectivity index (χ2n) is 5.91. The van der Waals surface area contributed by atoms with Crippen LogP contribution in [0.1, 0.15) is 36.5 Å². The maximum atomic E-state index is 12.1. The molecule has 0 radical (unpaired) electrons. The number of hydrogen-bond donors (Lipinski definition) is 1. The van der Waals surface area contributed by atoms with E-state index in [-0.39, 0.29) is 35.9 Å². The molecule has 1 N–H and O–H groups in total. The maximum absolute atomic E-state index is 12.1. The Labute approximate surface area is 139 Å². The highest BCUT2D eigenvalue weighted by Crippen LogP contribution is 2.28. The molecule has 0 aliphatic carbocycles. The SMILES string of the molecule is CC1CCN(C(=O)CCOc2cc(C(=O)O)ccc2[N+](=O)[O-])CC1. The van der Waals surface area contributed by atoms with Crippen LogP contribution in [-0.4, -0.2) is 46.5 Å². The summed E-state index contributed by atoms with van der Waals surface area (Å²) in [6, 6.07) is 3.34. The van der Waals surface area contributed by atoms with Gasteiger partial charge in [-0.3, -0.25) is 14.9 Å². The van der Waals surface area contributed by atoms with Gasteiger partial charge < -0.3 is 14.7 Å². The van der Waals surface area contributed by atoms with E-state index < -0.39 is 10.9 Å². The molecule has 8 nitrogen and oxygen atoms in total. The summed E-state index contributed by atoms with van der Waals surface area (Å²) in [5.74, 6) is -0.779.